The van der Waals surface area contributed by atoms with Crippen LogP contribution in [0.3, 0.4) is 0 Å². The van der Waals surface area contributed by atoms with E-state index in [2.05, 4.69) is 5.16 Å². The number of rotatable bonds is 4. The summed E-state index contributed by atoms with van der Waals surface area (Å²) < 4.78 is 10.9. The number of benzene rings is 2. The number of hydrogen-bond acceptors (Lipinski definition) is 3. The molecule has 0 aliphatic rings. The fourth-order valence-electron chi connectivity index (χ4n) is 2.23. The zero-order chi connectivity index (χ0) is 13.8. The normalized spacial score (nSPS) is 10.7. The van der Waals surface area contributed by atoms with Gasteiger partial charge in [-0.05, 0) is 0 Å². The standard InChI is InChI=1S/C17H15NO2/c1-19-12-15-16(13-8-4-2-5-9-13)18-20-17(15)14-10-6-3-7-11-14/h2-11H,12H2,1H3. The molecule has 3 nitrogen and oxygen atoms in total. The fourth-order valence-corrected chi connectivity index (χ4v) is 2.23. The molecular formula is C17H15NO2. The SMILES string of the molecule is COCc1c(-c2ccccc2)noc1-c1ccccc1. The van der Waals surface area contributed by atoms with Crippen LogP contribution < -0.4 is 0 Å². The lowest BCUT2D eigenvalue weighted by Crippen LogP contribution is -1.92. The van der Waals surface area contributed by atoms with Crippen molar-refractivity contribution in [2.45, 2.75) is 6.61 Å². The van der Waals surface area contributed by atoms with Crippen LogP contribution >= 0.6 is 0 Å². The highest BCUT2D eigenvalue weighted by Gasteiger charge is 2.18. The van der Waals surface area contributed by atoms with Gasteiger partial charge >= 0.3 is 0 Å². The predicted molar refractivity (Wildman–Crippen MR) is 78.1 cm³/mol. The second-order valence-corrected chi connectivity index (χ2v) is 4.50. The van der Waals surface area contributed by atoms with Crippen molar-refractivity contribution in [1.82, 2.24) is 5.16 Å². The third-order valence-corrected chi connectivity index (χ3v) is 3.16. The van der Waals surface area contributed by atoms with Crippen LogP contribution in [0.4, 0.5) is 0 Å². The van der Waals surface area contributed by atoms with Crippen LogP contribution in [0.25, 0.3) is 22.6 Å². The summed E-state index contributed by atoms with van der Waals surface area (Å²) in [4.78, 5) is 0. The summed E-state index contributed by atoms with van der Waals surface area (Å²) in [5.41, 5.74) is 3.86. The average molecular weight is 265 g/mol. The van der Waals surface area contributed by atoms with Crippen LogP contribution in [0.15, 0.2) is 65.2 Å². The summed E-state index contributed by atoms with van der Waals surface area (Å²) in [7, 11) is 1.68. The number of methoxy groups -OCH3 is 1. The molecule has 0 spiro atoms. The van der Waals surface area contributed by atoms with E-state index >= 15 is 0 Å². The van der Waals surface area contributed by atoms with Gasteiger partial charge in [-0.1, -0.05) is 65.8 Å². The minimum Gasteiger partial charge on any atom is -0.380 e. The lowest BCUT2D eigenvalue weighted by molar-refractivity contribution is 0.185. The van der Waals surface area contributed by atoms with E-state index in [1.165, 1.54) is 0 Å². The Bertz CT molecular complexity index is 618. The topological polar surface area (TPSA) is 35.3 Å². The highest BCUT2D eigenvalue weighted by molar-refractivity contribution is 5.72. The van der Waals surface area contributed by atoms with E-state index in [-0.39, 0.29) is 0 Å². The van der Waals surface area contributed by atoms with Crippen molar-refractivity contribution in [3.63, 3.8) is 0 Å². The first-order valence-corrected chi connectivity index (χ1v) is 6.48. The summed E-state index contributed by atoms with van der Waals surface area (Å²) in [6.45, 7) is 0.470. The minimum atomic E-state index is 0.470. The van der Waals surface area contributed by atoms with Gasteiger partial charge in [-0.25, -0.2) is 0 Å². The molecule has 1 heterocycles. The first kappa shape index (κ1) is 12.6. The largest absolute Gasteiger partial charge is 0.380 e. The molecule has 0 saturated carbocycles. The molecule has 0 fully saturated rings. The predicted octanol–water partition coefficient (Wildman–Crippen LogP) is 4.16. The second kappa shape index (κ2) is 5.72. The van der Waals surface area contributed by atoms with Gasteiger partial charge in [0.2, 0.25) is 0 Å². The van der Waals surface area contributed by atoms with E-state index in [9.17, 15) is 0 Å². The van der Waals surface area contributed by atoms with Gasteiger partial charge in [0.15, 0.2) is 5.76 Å². The van der Waals surface area contributed by atoms with E-state index in [1.54, 1.807) is 7.11 Å². The van der Waals surface area contributed by atoms with Crippen molar-refractivity contribution >= 4 is 0 Å². The Balaban J connectivity index is 2.12. The molecule has 0 saturated heterocycles. The molecule has 0 N–H and O–H groups in total. The van der Waals surface area contributed by atoms with E-state index in [0.29, 0.717) is 6.61 Å². The molecule has 0 aliphatic heterocycles. The van der Waals surface area contributed by atoms with Gasteiger partial charge in [0.25, 0.3) is 0 Å². The third-order valence-electron chi connectivity index (χ3n) is 3.16. The third kappa shape index (κ3) is 2.36. The lowest BCUT2D eigenvalue weighted by Gasteiger charge is -2.03. The maximum absolute atomic E-state index is 5.56. The van der Waals surface area contributed by atoms with Crippen LogP contribution in [0.1, 0.15) is 5.56 Å². The molecule has 1 aromatic heterocycles. The van der Waals surface area contributed by atoms with Crippen molar-refractivity contribution in [3.05, 3.63) is 66.2 Å². The van der Waals surface area contributed by atoms with Crippen LogP contribution in [0, 0.1) is 0 Å². The summed E-state index contributed by atoms with van der Waals surface area (Å²) in [6.07, 6.45) is 0. The fraction of sp³-hybridized carbons (Fsp3) is 0.118. The first-order valence-electron chi connectivity index (χ1n) is 6.48. The maximum Gasteiger partial charge on any atom is 0.173 e. The van der Waals surface area contributed by atoms with Crippen molar-refractivity contribution in [3.8, 4) is 22.6 Å². The van der Waals surface area contributed by atoms with Gasteiger partial charge in [0.1, 0.15) is 5.69 Å². The maximum atomic E-state index is 5.56. The van der Waals surface area contributed by atoms with Crippen LogP contribution in [-0.2, 0) is 11.3 Å². The summed E-state index contributed by atoms with van der Waals surface area (Å²) in [5.74, 6) is 0.770. The highest BCUT2D eigenvalue weighted by Crippen LogP contribution is 2.32. The Kier molecular flexibility index (Phi) is 3.61. The molecule has 20 heavy (non-hydrogen) atoms. The smallest absolute Gasteiger partial charge is 0.173 e. The quantitative estimate of drug-likeness (QED) is 0.710. The molecule has 3 heteroatoms. The second-order valence-electron chi connectivity index (χ2n) is 4.50. The monoisotopic (exact) mass is 265 g/mol. The molecule has 0 atom stereocenters. The van der Waals surface area contributed by atoms with E-state index in [0.717, 1.165) is 28.1 Å². The van der Waals surface area contributed by atoms with Gasteiger partial charge in [-0.2, -0.15) is 0 Å². The van der Waals surface area contributed by atoms with E-state index < -0.39 is 0 Å². The molecule has 0 amide bonds. The van der Waals surface area contributed by atoms with Gasteiger partial charge in [-0.15, -0.1) is 0 Å². The number of hydrogen-bond donors (Lipinski definition) is 0. The molecule has 3 rings (SSSR count). The molecule has 2 aromatic carbocycles. The Labute approximate surface area is 117 Å². The first-order chi connectivity index (χ1) is 9.90. The molecule has 100 valence electrons. The Morgan fingerprint density at radius 1 is 0.900 bits per heavy atom. The Hall–Kier alpha value is -2.39. The Morgan fingerprint density at radius 2 is 1.50 bits per heavy atom. The molecule has 0 aliphatic carbocycles. The molecule has 0 unspecified atom stereocenters. The number of nitrogens with zero attached hydrogens (tertiary/aromatic N) is 1. The summed E-state index contributed by atoms with van der Waals surface area (Å²) >= 11 is 0. The van der Waals surface area contributed by atoms with E-state index in [4.69, 9.17) is 9.26 Å². The van der Waals surface area contributed by atoms with Crippen molar-refractivity contribution in [2.24, 2.45) is 0 Å². The number of ether oxygens (including phenoxy) is 1. The molecule has 3 aromatic rings. The van der Waals surface area contributed by atoms with Gasteiger partial charge < -0.3 is 9.26 Å². The average Bonchev–Trinajstić information content (AvgIpc) is 2.93. The van der Waals surface area contributed by atoms with Gasteiger partial charge in [0, 0.05) is 18.2 Å². The van der Waals surface area contributed by atoms with Crippen LogP contribution in [0.2, 0.25) is 0 Å². The van der Waals surface area contributed by atoms with Gasteiger partial charge in [0.05, 0.1) is 12.2 Å². The zero-order valence-corrected chi connectivity index (χ0v) is 11.2. The minimum absolute atomic E-state index is 0.470. The molecular weight excluding hydrogens is 250 g/mol. The van der Waals surface area contributed by atoms with Crippen LogP contribution in [-0.4, -0.2) is 12.3 Å². The summed E-state index contributed by atoms with van der Waals surface area (Å²) in [6, 6.07) is 20.0. The number of aromatic nitrogens is 1. The Morgan fingerprint density at radius 3 is 2.10 bits per heavy atom. The zero-order valence-electron chi connectivity index (χ0n) is 11.2. The summed E-state index contributed by atoms with van der Waals surface area (Å²) in [5, 5.41) is 4.23. The molecule has 0 radical (unpaired) electrons. The van der Waals surface area contributed by atoms with E-state index in [1.807, 2.05) is 60.7 Å². The van der Waals surface area contributed by atoms with Gasteiger partial charge in [-0.3, -0.25) is 0 Å². The highest BCUT2D eigenvalue weighted by atomic mass is 16.5. The van der Waals surface area contributed by atoms with Crippen LogP contribution in [0.5, 0.6) is 0 Å². The van der Waals surface area contributed by atoms with Crippen molar-refractivity contribution in [2.75, 3.05) is 7.11 Å². The van der Waals surface area contributed by atoms with Crippen molar-refractivity contribution in [1.29, 1.82) is 0 Å². The molecule has 0 bridgehead atoms. The van der Waals surface area contributed by atoms with Crippen molar-refractivity contribution < 1.29 is 9.26 Å². The lowest BCUT2D eigenvalue weighted by atomic mass is 10.0.